The molecular weight excluding hydrogens is 253 g/mol. The summed E-state index contributed by atoms with van der Waals surface area (Å²) < 4.78 is 15.9. The van der Waals surface area contributed by atoms with Crippen LogP contribution in [0.1, 0.15) is 37.9 Å². The standard InChI is InChI=1S/C16H22FN3/c1-18-16(9-4-3-5-10-16)11-14-19-15-12(17)7-6-8-13(15)20(14)2/h6-8,18H,3-5,9-11H2,1-2H3. The second-order valence-corrected chi connectivity index (χ2v) is 5.96. The molecule has 0 atom stereocenters. The van der Waals surface area contributed by atoms with Gasteiger partial charge in [0.05, 0.1) is 5.52 Å². The summed E-state index contributed by atoms with van der Waals surface area (Å²) in [5.41, 5.74) is 1.50. The Morgan fingerprint density at radius 3 is 2.70 bits per heavy atom. The van der Waals surface area contributed by atoms with Crippen LogP contribution in [0.15, 0.2) is 18.2 Å². The van der Waals surface area contributed by atoms with Gasteiger partial charge in [-0.2, -0.15) is 0 Å². The van der Waals surface area contributed by atoms with Crippen molar-refractivity contribution in [1.29, 1.82) is 0 Å². The molecule has 1 aromatic carbocycles. The molecule has 0 bridgehead atoms. The predicted octanol–water partition coefficient (Wildman–Crippen LogP) is 3.18. The molecule has 1 saturated carbocycles. The van der Waals surface area contributed by atoms with E-state index in [1.807, 2.05) is 24.7 Å². The van der Waals surface area contributed by atoms with Gasteiger partial charge in [0.15, 0.2) is 5.82 Å². The minimum absolute atomic E-state index is 0.129. The molecule has 0 unspecified atom stereocenters. The van der Waals surface area contributed by atoms with Gasteiger partial charge >= 0.3 is 0 Å². The first-order chi connectivity index (χ1) is 9.65. The average Bonchev–Trinajstić information content (AvgIpc) is 2.79. The summed E-state index contributed by atoms with van der Waals surface area (Å²) in [5, 5.41) is 3.51. The molecule has 4 heteroatoms. The van der Waals surface area contributed by atoms with Crippen molar-refractivity contribution in [2.45, 2.75) is 44.1 Å². The number of aromatic nitrogens is 2. The lowest BCUT2D eigenvalue weighted by Crippen LogP contribution is -2.47. The molecule has 1 aliphatic rings. The highest BCUT2D eigenvalue weighted by atomic mass is 19.1. The molecule has 0 spiro atoms. The van der Waals surface area contributed by atoms with Gasteiger partial charge in [0.25, 0.3) is 0 Å². The van der Waals surface area contributed by atoms with E-state index < -0.39 is 0 Å². The molecule has 1 aromatic heterocycles. The second-order valence-electron chi connectivity index (χ2n) is 5.96. The third kappa shape index (κ3) is 2.22. The van der Waals surface area contributed by atoms with Crippen LogP contribution in [-0.4, -0.2) is 22.1 Å². The molecule has 3 nitrogen and oxygen atoms in total. The number of rotatable bonds is 3. The van der Waals surface area contributed by atoms with Gasteiger partial charge in [-0.3, -0.25) is 0 Å². The molecule has 0 saturated heterocycles. The van der Waals surface area contributed by atoms with E-state index in [2.05, 4.69) is 10.3 Å². The number of likely N-dealkylation sites (N-methyl/N-ethyl adjacent to an activating group) is 1. The van der Waals surface area contributed by atoms with Crippen LogP contribution in [0.2, 0.25) is 0 Å². The lowest BCUT2D eigenvalue weighted by molar-refractivity contribution is 0.240. The summed E-state index contributed by atoms with van der Waals surface area (Å²) in [4.78, 5) is 4.55. The van der Waals surface area contributed by atoms with Gasteiger partial charge in [-0.15, -0.1) is 0 Å². The number of nitrogens with one attached hydrogen (secondary N) is 1. The van der Waals surface area contributed by atoms with Crippen LogP contribution in [0.25, 0.3) is 11.0 Å². The number of halogens is 1. The Hall–Kier alpha value is -1.42. The summed E-state index contributed by atoms with van der Waals surface area (Å²) in [7, 11) is 4.02. The number of hydrogen-bond donors (Lipinski definition) is 1. The lowest BCUT2D eigenvalue weighted by atomic mass is 9.79. The number of nitrogens with zero attached hydrogens (tertiary/aromatic N) is 2. The van der Waals surface area contributed by atoms with Gasteiger partial charge in [0.1, 0.15) is 11.3 Å². The van der Waals surface area contributed by atoms with Crippen molar-refractivity contribution >= 4 is 11.0 Å². The molecule has 3 rings (SSSR count). The van der Waals surface area contributed by atoms with Crippen LogP contribution >= 0.6 is 0 Å². The van der Waals surface area contributed by atoms with Crippen molar-refractivity contribution in [2.75, 3.05) is 7.05 Å². The second kappa shape index (κ2) is 5.17. The maximum Gasteiger partial charge on any atom is 0.151 e. The topological polar surface area (TPSA) is 29.9 Å². The van der Waals surface area contributed by atoms with E-state index in [-0.39, 0.29) is 11.4 Å². The molecule has 1 heterocycles. The van der Waals surface area contributed by atoms with Crippen molar-refractivity contribution in [1.82, 2.24) is 14.9 Å². The summed E-state index contributed by atoms with van der Waals surface area (Å²) in [6.45, 7) is 0. The number of benzene rings is 1. The first-order valence-corrected chi connectivity index (χ1v) is 7.44. The predicted molar refractivity (Wildman–Crippen MR) is 79.3 cm³/mol. The smallest absolute Gasteiger partial charge is 0.151 e. The van der Waals surface area contributed by atoms with Crippen molar-refractivity contribution < 1.29 is 4.39 Å². The average molecular weight is 275 g/mol. The molecule has 20 heavy (non-hydrogen) atoms. The van der Waals surface area contributed by atoms with Crippen LogP contribution in [0.5, 0.6) is 0 Å². The molecule has 1 N–H and O–H groups in total. The Bertz CT molecular complexity index is 611. The Morgan fingerprint density at radius 2 is 2.05 bits per heavy atom. The summed E-state index contributed by atoms with van der Waals surface area (Å²) >= 11 is 0. The summed E-state index contributed by atoms with van der Waals surface area (Å²) in [5.74, 6) is 0.743. The maximum atomic E-state index is 13.8. The first kappa shape index (κ1) is 13.6. The van der Waals surface area contributed by atoms with Crippen molar-refractivity contribution in [3.8, 4) is 0 Å². The van der Waals surface area contributed by atoms with Gasteiger partial charge in [-0.1, -0.05) is 25.3 Å². The Labute approximate surface area is 119 Å². The summed E-state index contributed by atoms with van der Waals surface area (Å²) in [6.07, 6.45) is 7.07. The highest BCUT2D eigenvalue weighted by Crippen LogP contribution is 2.31. The third-order valence-electron chi connectivity index (χ3n) is 4.79. The molecule has 0 aliphatic heterocycles. The molecular formula is C16H22FN3. The number of hydrogen-bond acceptors (Lipinski definition) is 2. The fourth-order valence-electron chi connectivity index (χ4n) is 3.43. The first-order valence-electron chi connectivity index (χ1n) is 7.44. The van der Waals surface area contributed by atoms with Gasteiger partial charge < -0.3 is 9.88 Å². The van der Waals surface area contributed by atoms with E-state index >= 15 is 0 Å². The van der Waals surface area contributed by atoms with Crippen LogP contribution in [-0.2, 0) is 13.5 Å². The van der Waals surface area contributed by atoms with Gasteiger partial charge in [-0.25, -0.2) is 9.37 Å². The summed E-state index contributed by atoms with van der Waals surface area (Å²) in [6, 6.07) is 5.16. The zero-order chi connectivity index (χ0) is 14.2. The molecule has 1 aliphatic carbocycles. The van der Waals surface area contributed by atoms with E-state index in [0.29, 0.717) is 5.52 Å². The zero-order valence-electron chi connectivity index (χ0n) is 12.2. The Balaban J connectivity index is 1.98. The Kier molecular flexibility index (Phi) is 3.50. The van der Waals surface area contributed by atoms with Crippen LogP contribution in [0, 0.1) is 5.82 Å². The Morgan fingerprint density at radius 1 is 1.30 bits per heavy atom. The highest BCUT2D eigenvalue weighted by Gasteiger charge is 2.32. The van der Waals surface area contributed by atoms with Crippen LogP contribution in [0.3, 0.4) is 0 Å². The van der Waals surface area contributed by atoms with Crippen molar-refractivity contribution in [2.24, 2.45) is 7.05 Å². The van der Waals surface area contributed by atoms with Gasteiger partial charge in [-0.05, 0) is 32.0 Å². The minimum Gasteiger partial charge on any atom is -0.331 e. The molecule has 2 aromatic rings. The largest absolute Gasteiger partial charge is 0.331 e. The minimum atomic E-state index is -0.230. The molecule has 1 fully saturated rings. The molecule has 0 amide bonds. The van der Waals surface area contributed by atoms with Crippen LogP contribution < -0.4 is 5.32 Å². The SMILES string of the molecule is CNC1(Cc2nc3c(F)cccc3n2C)CCCCC1. The van der Waals surface area contributed by atoms with Gasteiger partial charge in [0.2, 0.25) is 0 Å². The highest BCUT2D eigenvalue weighted by molar-refractivity contribution is 5.76. The number of aryl methyl sites for hydroxylation is 1. The van der Waals surface area contributed by atoms with E-state index in [1.165, 1.54) is 38.2 Å². The number of imidazole rings is 1. The quantitative estimate of drug-likeness (QED) is 0.932. The monoisotopic (exact) mass is 275 g/mol. The molecule has 0 radical (unpaired) electrons. The van der Waals surface area contributed by atoms with E-state index in [1.54, 1.807) is 6.07 Å². The van der Waals surface area contributed by atoms with Gasteiger partial charge in [0, 0.05) is 19.0 Å². The molecule has 108 valence electrons. The number of fused-ring (bicyclic) bond motifs is 1. The van der Waals surface area contributed by atoms with E-state index in [4.69, 9.17) is 0 Å². The normalized spacial score (nSPS) is 18.6. The van der Waals surface area contributed by atoms with Crippen molar-refractivity contribution in [3.63, 3.8) is 0 Å². The van der Waals surface area contributed by atoms with Crippen molar-refractivity contribution in [3.05, 3.63) is 29.8 Å². The maximum absolute atomic E-state index is 13.8. The fourth-order valence-corrected chi connectivity index (χ4v) is 3.43. The van der Waals surface area contributed by atoms with E-state index in [9.17, 15) is 4.39 Å². The lowest BCUT2D eigenvalue weighted by Gasteiger charge is -2.37. The van der Waals surface area contributed by atoms with Crippen LogP contribution in [0.4, 0.5) is 4.39 Å². The third-order valence-corrected chi connectivity index (χ3v) is 4.79. The number of para-hydroxylation sites is 1. The van der Waals surface area contributed by atoms with E-state index in [0.717, 1.165) is 17.8 Å². The fraction of sp³-hybridized carbons (Fsp3) is 0.562. The zero-order valence-corrected chi connectivity index (χ0v) is 12.2.